The Morgan fingerprint density at radius 3 is 2.80 bits per heavy atom. The summed E-state index contributed by atoms with van der Waals surface area (Å²) in [5.74, 6) is -0.381. The Kier molecular flexibility index (Phi) is 5.64. The Labute approximate surface area is 116 Å². The zero-order valence-corrected chi connectivity index (χ0v) is 11.7. The minimum absolute atomic E-state index is 0.0422. The maximum absolute atomic E-state index is 11.2. The molecule has 7 heteroatoms. The van der Waals surface area contributed by atoms with Crippen molar-refractivity contribution in [1.82, 2.24) is 0 Å². The number of rotatable bonds is 6. The summed E-state index contributed by atoms with van der Waals surface area (Å²) in [6, 6.07) is 4.78. The summed E-state index contributed by atoms with van der Waals surface area (Å²) in [4.78, 5) is 21.7. The molecule has 0 aromatic heterocycles. The highest BCUT2D eigenvalue weighted by atomic mass is 16.6. The van der Waals surface area contributed by atoms with Gasteiger partial charge in [-0.25, -0.2) is 0 Å². The van der Waals surface area contributed by atoms with E-state index in [-0.39, 0.29) is 23.8 Å². The first-order valence-electron chi connectivity index (χ1n) is 6.14. The van der Waals surface area contributed by atoms with Crippen molar-refractivity contribution < 1.29 is 14.5 Å². The first kappa shape index (κ1) is 15.6. The number of benzene rings is 1. The number of carbonyl (C=O) groups excluding carboxylic acids is 1. The Hall–Kier alpha value is -2.44. The number of carbonyl (C=O) groups is 1. The van der Waals surface area contributed by atoms with Crippen molar-refractivity contribution in [2.24, 2.45) is 5.10 Å². The normalized spacial score (nSPS) is 11.1. The largest absolute Gasteiger partial charge is 0.466 e. The topological polar surface area (TPSA) is 93.8 Å². The van der Waals surface area contributed by atoms with Crippen molar-refractivity contribution in [3.8, 4) is 0 Å². The number of nitro groups is 1. The van der Waals surface area contributed by atoms with Gasteiger partial charge in [0.1, 0.15) is 5.69 Å². The van der Waals surface area contributed by atoms with Crippen molar-refractivity contribution in [1.29, 1.82) is 0 Å². The molecule has 20 heavy (non-hydrogen) atoms. The number of anilines is 1. The molecule has 7 nitrogen and oxygen atoms in total. The van der Waals surface area contributed by atoms with E-state index >= 15 is 0 Å². The maximum Gasteiger partial charge on any atom is 0.311 e. The second kappa shape index (κ2) is 7.22. The Bertz CT molecular complexity index is 540. The van der Waals surface area contributed by atoms with Crippen LogP contribution in [-0.2, 0) is 9.53 Å². The van der Waals surface area contributed by atoms with Gasteiger partial charge in [-0.05, 0) is 32.4 Å². The van der Waals surface area contributed by atoms with Gasteiger partial charge >= 0.3 is 5.97 Å². The second-order valence-electron chi connectivity index (χ2n) is 4.22. The highest BCUT2D eigenvalue weighted by Gasteiger charge is 2.13. The van der Waals surface area contributed by atoms with Crippen molar-refractivity contribution in [2.75, 3.05) is 12.0 Å². The molecule has 108 valence electrons. The van der Waals surface area contributed by atoms with E-state index in [4.69, 9.17) is 4.74 Å². The molecule has 1 aromatic rings. The summed E-state index contributed by atoms with van der Waals surface area (Å²) in [5, 5.41) is 14.9. The fraction of sp³-hybridized carbons (Fsp3) is 0.385. The molecule has 0 amide bonds. The molecular formula is C13H17N3O4. The molecule has 0 atom stereocenters. The van der Waals surface area contributed by atoms with E-state index in [9.17, 15) is 14.9 Å². The third-order valence-corrected chi connectivity index (χ3v) is 2.42. The van der Waals surface area contributed by atoms with E-state index < -0.39 is 4.92 Å². The maximum atomic E-state index is 11.2. The Balaban J connectivity index is 2.78. The molecule has 0 radical (unpaired) electrons. The monoisotopic (exact) mass is 279 g/mol. The number of hydrogen-bond donors (Lipinski definition) is 1. The van der Waals surface area contributed by atoms with Crippen LogP contribution in [0.5, 0.6) is 0 Å². The minimum Gasteiger partial charge on any atom is -0.466 e. The lowest BCUT2D eigenvalue weighted by Crippen LogP contribution is -2.10. The van der Waals surface area contributed by atoms with Gasteiger partial charge in [-0.2, -0.15) is 5.10 Å². The number of esters is 1. The predicted molar refractivity (Wildman–Crippen MR) is 75.8 cm³/mol. The number of aryl methyl sites for hydroxylation is 1. The standard InChI is InChI=1S/C13H17N3O4/c1-4-20-13(17)8-10(3)14-15-11-6-5-9(2)7-12(11)16(18)19/h5-7,15H,4,8H2,1-3H3/b14-10-. The lowest BCUT2D eigenvalue weighted by atomic mass is 10.2. The van der Waals surface area contributed by atoms with Crippen molar-refractivity contribution in [3.63, 3.8) is 0 Å². The molecule has 0 saturated heterocycles. The van der Waals surface area contributed by atoms with Crippen LogP contribution in [0, 0.1) is 17.0 Å². The molecule has 0 bridgehead atoms. The zero-order valence-electron chi connectivity index (χ0n) is 11.7. The average Bonchev–Trinajstić information content (AvgIpc) is 2.37. The van der Waals surface area contributed by atoms with Gasteiger partial charge in [0.2, 0.25) is 0 Å². The third-order valence-electron chi connectivity index (χ3n) is 2.42. The number of hydrogen-bond acceptors (Lipinski definition) is 6. The predicted octanol–water partition coefficient (Wildman–Crippen LogP) is 2.64. The molecule has 0 aliphatic heterocycles. The van der Waals surface area contributed by atoms with Gasteiger partial charge in [0.15, 0.2) is 0 Å². The van der Waals surface area contributed by atoms with Crippen LogP contribution in [-0.4, -0.2) is 23.2 Å². The molecule has 0 aliphatic rings. The molecule has 0 spiro atoms. The van der Waals surface area contributed by atoms with Gasteiger partial charge in [-0.1, -0.05) is 6.07 Å². The van der Waals surface area contributed by atoms with Crippen molar-refractivity contribution >= 4 is 23.1 Å². The van der Waals surface area contributed by atoms with Gasteiger partial charge in [-0.3, -0.25) is 20.3 Å². The summed E-state index contributed by atoms with van der Waals surface area (Å²) in [7, 11) is 0. The van der Waals surface area contributed by atoms with E-state index in [1.54, 1.807) is 32.9 Å². The lowest BCUT2D eigenvalue weighted by Gasteiger charge is -2.05. The van der Waals surface area contributed by atoms with Gasteiger partial charge in [0.05, 0.1) is 18.0 Å². The van der Waals surface area contributed by atoms with E-state index in [0.29, 0.717) is 12.3 Å². The van der Waals surface area contributed by atoms with Crippen LogP contribution in [0.4, 0.5) is 11.4 Å². The fourth-order valence-corrected chi connectivity index (χ4v) is 1.50. The van der Waals surface area contributed by atoms with Crippen LogP contribution in [0.15, 0.2) is 23.3 Å². The summed E-state index contributed by atoms with van der Waals surface area (Å²) in [6.07, 6.45) is 0.0422. The number of nitrogens with one attached hydrogen (secondary N) is 1. The van der Waals surface area contributed by atoms with Gasteiger partial charge in [-0.15, -0.1) is 0 Å². The van der Waals surface area contributed by atoms with Crippen LogP contribution in [0.1, 0.15) is 25.8 Å². The van der Waals surface area contributed by atoms with Crippen LogP contribution in [0.3, 0.4) is 0 Å². The quantitative estimate of drug-likeness (QED) is 0.374. The lowest BCUT2D eigenvalue weighted by molar-refractivity contribution is -0.384. The summed E-state index contributed by atoms with van der Waals surface area (Å²) in [6.45, 7) is 5.44. The first-order chi connectivity index (χ1) is 9.43. The van der Waals surface area contributed by atoms with E-state index in [1.165, 1.54) is 6.07 Å². The van der Waals surface area contributed by atoms with E-state index in [1.807, 2.05) is 0 Å². The molecule has 0 saturated carbocycles. The summed E-state index contributed by atoms with van der Waals surface area (Å²) in [5.41, 5.74) is 4.10. The fourth-order valence-electron chi connectivity index (χ4n) is 1.50. The van der Waals surface area contributed by atoms with Crippen molar-refractivity contribution in [2.45, 2.75) is 27.2 Å². The van der Waals surface area contributed by atoms with E-state index in [0.717, 1.165) is 5.56 Å². The summed E-state index contributed by atoms with van der Waals surface area (Å²) < 4.78 is 4.79. The number of hydrazone groups is 1. The van der Waals surface area contributed by atoms with Gasteiger partial charge in [0, 0.05) is 11.8 Å². The van der Waals surface area contributed by atoms with E-state index in [2.05, 4.69) is 10.5 Å². The van der Waals surface area contributed by atoms with Gasteiger partial charge in [0.25, 0.3) is 5.69 Å². The summed E-state index contributed by atoms with van der Waals surface area (Å²) >= 11 is 0. The van der Waals surface area contributed by atoms with Crippen LogP contribution >= 0.6 is 0 Å². The third kappa shape index (κ3) is 4.68. The van der Waals surface area contributed by atoms with Crippen LogP contribution < -0.4 is 5.43 Å². The van der Waals surface area contributed by atoms with Crippen LogP contribution in [0.25, 0.3) is 0 Å². The SMILES string of the molecule is CCOC(=O)C/C(C)=N\Nc1ccc(C)cc1[N+](=O)[O-]. The minimum atomic E-state index is -0.481. The average molecular weight is 279 g/mol. The molecule has 1 N–H and O–H groups in total. The van der Waals surface area contributed by atoms with Gasteiger partial charge < -0.3 is 4.74 Å². The molecule has 1 rings (SSSR count). The molecule has 0 unspecified atom stereocenters. The Morgan fingerprint density at radius 1 is 1.50 bits per heavy atom. The molecular weight excluding hydrogens is 262 g/mol. The number of ether oxygens (including phenoxy) is 1. The zero-order chi connectivity index (χ0) is 15.1. The molecule has 1 aromatic carbocycles. The first-order valence-corrected chi connectivity index (χ1v) is 6.14. The molecule has 0 aliphatic carbocycles. The highest BCUT2D eigenvalue weighted by Crippen LogP contribution is 2.25. The smallest absolute Gasteiger partial charge is 0.311 e. The highest BCUT2D eigenvalue weighted by molar-refractivity contribution is 5.97. The van der Waals surface area contributed by atoms with Crippen LogP contribution in [0.2, 0.25) is 0 Å². The number of nitro benzene ring substituents is 1. The second-order valence-corrected chi connectivity index (χ2v) is 4.22. The molecule has 0 fully saturated rings. The molecule has 0 heterocycles. The van der Waals surface area contributed by atoms with Crippen molar-refractivity contribution in [3.05, 3.63) is 33.9 Å². The number of nitrogens with zero attached hydrogens (tertiary/aromatic N) is 2. The Morgan fingerprint density at radius 2 is 2.20 bits per heavy atom.